The minimum atomic E-state index is -0.163. The number of amides is 1. The minimum absolute atomic E-state index is 0. The van der Waals surface area contributed by atoms with Crippen LogP contribution in [-0.4, -0.2) is 34.0 Å². The first-order chi connectivity index (χ1) is 12.0. The molecule has 1 fully saturated rings. The van der Waals surface area contributed by atoms with E-state index in [4.69, 9.17) is 0 Å². The summed E-state index contributed by atoms with van der Waals surface area (Å²) >= 11 is 0. The molecule has 0 aliphatic carbocycles. The van der Waals surface area contributed by atoms with E-state index in [0.29, 0.717) is 11.7 Å². The molecule has 0 radical (unpaired) electrons. The third kappa shape index (κ3) is 4.43. The standard InChI is InChI=1S/C19H27N5O.ClH/c1-12-9-13(2)11-16(10-12)14(3)21-19(25)18-15(4)24(23-22-18)17-5-7-20-8-6-17;/h9-11,14,17,20H,5-8H2,1-4H3,(H,21,25);1H. The zero-order valence-electron chi connectivity index (χ0n) is 15.9. The molecule has 7 heteroatoms. The molecule has 1 aromatic heterocycles. The van der Waals surface area contributed by atoms with Crippen molar-refractivity contribution in [2.45, 2.75) is 52.6 Å². The molecule has 1 atom stereocenters. The van der Waals surface area contributed by atoms with Crippen LogP contribution in [0, 0.1) is 20.8 Å². The second-order valence-corrected chi connectivity index (χ2v) is 7.07. The Bertz CT molecular complexity index is 747. The Labute approximate surface area is 161 Å². The average Bonchev–Trinajstić information content (AvgIpc) is 2.96. The van der Waals surface area contributed by atoms with Crippen LogP contribution in [0.4, 0.5) is 0 Å². The van der Waals surface area contributed by atoms with Gasteiger partial charge in [0.2, 0.25) is 0 Å². The minimum Gasteiger partial charge on any atom is -0.344 e. The van der Waals surface area contributed by atoms with Crippen LogP contribution in [0.3, 0.4) is 0 Å². The van der Waals surface area contributed by atoms with E-state index < -0.39 is 0 Å². The summed E-state index contributed by atoms with van der Waals surface area (Å²) in [4.78, 5) is 12.7. The van der Waals surface area contributed by atoms with E-state index in [0.717, 1.165) is 37.2 Å². The van der Waals surface area contributed by atoms with E-state index in [1.165, 1.54) is 11.1 Å². The van der Waals surface area contributed by atoms with Crippen molar-refractivity contribution >= 4 is 18.3 Å². The Morgan fingerprint density at radius 2 is 1.81 bits per heavy atom. The lowest BCUT2D eigenvalue weighted by Crippen LogP contribution is -2.31. The molecule has 1 unspecified atom stereocenters. The van der Waals surface area contributed by atoms with Crippen molar-refractivity contribution in [3.63, 3.8) is 0 Å². The first kappa shape index (κ1) is 20.4. The van der Waals surface area contributed by atoms with Crippen molar-refractivity contribution in [2.75, 3.05) is 13.1 Å². The van der Waals surface area contributed by atoms with Crippen molar-refractivity contribution in [1.82, 2.24) is 25.6 Å². The zero-order chi connectivity index (χ0) is 18.0. The van der Waals surface area contributed by atoms with Crippen LogP contribution >= 0.6 is 12.4 Å². The van der Waals surface area contributed by atoms with Crippen molar-refractivity contribution in [3.8, 4) is 0 Å². The molecule has 142 valence electrons. The zero-order valence-corrected chi connectivity index (χ0v) is 16.7. The fourth-order valence-electron chi connectivity index (χ4n) is 3.56. The van der Waals surface area contributed by atoms with Gasteiger partial charge in [-0.2, -0.15) is 0 Å². The highest BCUT2D eigenvalue weighted by Crippen LogP contribution is 2.21. The Balaban J connectivity index is 0.00000243. The van der Waals surface area contributed by atoms with Crippen molar-refractivity contribution in [2.24, 2.45) is 0 Å². The number of hydrogen-bond acceptors (Lipinski definition) is 4. The molecule has 3 rings (SSSR count). The van der Waals surface area contributed by atoms with E-state index in [2.05, 4.69) is 53.0 Å². The fourth-order valence-corrected chi connectivity index (χ4v) is 3.56. The summed E-state index contributed by atoms with van der Waals surface area (Å²) in [6, 6.07) is 6.60. The maximum Gasteiger partial charge on any atom is 0.274 e. The molecule has 1 aromatic carbocycles. The maximum absolute atomic E-state index is 12.7. The van der Waals surface area contributed by atoms with Crippen LogP contribution < -0.4 is 10.6 Å². The molecule has 0 bridgehead atoms. The first-order valence-corrected chi connectivity index (χ1v) is 8.97. The summed E-state index contributed by atoms with van der Waals surface area (Å²) in [5.41, 5.74) is 4.77. The lowest BCUT2D eigenvalue weighted by Gasteiger charge is -2.23. The number of aryl methyl sites for hydroxylation is 2. The maximum atomic E-state index is 12.7. The largest absolute Gasteiger partial charge is 0.344 e. The average molecular weight is 378 g/mol. The molecule has 1 amide bonds. The number of rotatable bonds is 4. The Kier molecular flexibility index (Phi) is 6.78. The molecule has 0 saturated carbocycles. The molecule has 6 nitrogen and oxygen atoms in total. The number of hydrogen-bond donors (Lipinski definition) is 2. The Morgan fingerprint density at radius 3 is 2.42 bits per heavy atom. The number of aromatic nitrogens is 3. The number of carbonyl (C=O) groups is 1. The third-order valence-corrected chi connectivity index (χ3v) is 4.89. The Hall–Kier alpha value is -1.92. The van der Waals surface area contributed by atoms with Gasteiger partial charge in [0, 0.05) is 0 Å². The number of nitrogens with one attached hydrogen (secondary N) is 2. The number of carbonyl (C=O) groups excluding carboxylic acids is 1. The lowest BCUT2D eigenvalue weighted by atomic mass is 10.0. The molecular formula is C19H28ClN5O. The second kappa shape index (κ2) is 8.64. The van der Waals surface area contributed by atoms with Crippen LogP contribution in [0.1, 0.15) is 64.7 Å². The quantitative estimate of drug-likeness (QED) is 0.859. The van der Waals surface area contributed by atoms with Crippen LogP contribution in [0.2, 0.25) is 0 Å². The number of nitrogens with zero attached hydrogens (tertiary/aromatic N) is 3. The molecule has 2 heterocycles. The predicted octanol–water partition coefficient (Wildman–Crippen LogP) is 3.04. The van der Waals surface area contributed by atoms with Crippen molar-refractivity contribution in [3.05, 3.63) is 46.3 Å². The highest BCUT2D eigenvalue weighted by Gasteiger charge is 2.23. The lowest BCUT2D eigenvalue weighted by molar-refractivity contribution is 0.0934. The molecule has 1 aliphatic heterocycles. The van der Waals surface area contributed by atoms with E-state index >= 15 is 0 Å². The van der Waals surface area contributed by atoms with Gasteiger partial charge in [0.05, 0.1) is 17.8 Å². The van der Waals surface area contributed by atoms with Crippen LogP contribution in [0.25, 0.3) is 0 Å². The third-order valence-electron chi connectivity index (χ3n) is 4.89. The number of benzene rings is 1. The molecule has 0 spiro atoms. The van der Waals surface area contributed by atoms with Gasteiger partial charge in [-0.15, -0.1) is 17.5 Å². The van der Waals surface area contributed by atoms with E-state index in [9.17, 15) is 4.79 Å². The molecule has 1 aliphatic rings. The van der Waals surface area contributed by atoms with Gasteiger partial charge in [-0.1, -0.05) is 34.5 Å². The number of halogens is 1. The van der Waals surface area contributed by atoms with E-state index in [-0.39, 0.29) is 24.4 Å². The molecule has 26 heavy (non-hydrogen) atoms. The van der Waals surface area contributed by atoms with Gasteiger partial charge in [0.25, 0.3) is 5.91 Å². The topological polar surface area (TPSA) is 71.8 Å². The second-order valence-electron chi connectivity index (χ2n) is 7.07. The number of piperidine rings is 1. The first-order valence-electron chi connectivity index (χ1n) is 8.97. The molecule has 2 aromatic rings. The van der Waals surface area contributed by atoms with Crippen LogP contribution in [-0.2, 0) is 0 Å². The van der Waals surface area contributed by atoms with Gasteiger partial charge >= 0.3 is 0 Å². The highest BCUT2D eigenvalue weighted by atomic mass is 35.5. The van der Waals surface area contributed by atoms with Gasteiger partial charge < -0.3 is 10.6 Å². The van der Waals surface area contributed by atoms with Gasteiger partial charge in [0.15, 0.2) is 5.69 Å². The van der Waals surface area contributed by atoms with E-state index in [1.807, 2.05) is 18.5 Å². The normalized spacial score (nSPS) is 16.0. The summed E-state index contributed by atoms with van der Waals surface area (Å²) < 4.78 is 1.91. The monoisotopic (exact) mass is 377 g/mol. The Morgan fingerprint density at radius 1 is 1.19 bits per heavy atom. The van der Waals surface area contributed by atoms with E-state index in [1.54, 1.807) is 0 Å². The van der Waals surface area contributed by atoms with Crippen LogP contribution in [0.5, 0.6) is 0 Å². The van der Waals surface area contributed by atoms with Gasteiger partial charge in [-0.25, -0.2) is 4.68 Å². The fraction of sp³-hybridized carbons (Fsp3) is 0.526. The summed E-state index contributed by atoms with van der Waals surface area (Å²) in [7, 11) is 0. The molecule has 2 N–H and O–H groups in total. The highest BCUT2D eigenvalue weighted by molar-refractivity contribution is 5.93. The van der Waals surface area contributed by atoms with Gasteiger partial charge in [0.1, 0.15) is 0 Å². The summed E-state index contributed by atoms with van der Waals surface area (Å²) in [6.45, 7) is 10.0. The van der Waals surface area contributed by atoms with Gasteiger partial charge in [-0.3, -0.25) is 4.79 Å². The van der Waals surface area contributed by atoms with Crippen molar-refractivity contribution < 1.29 is 4.79 Å². The summed E-state index contributed by atoms with van der Waals surface area (Å²) in [5, 5.41) is 14.8. The van der Waals surface area contributed by atoms with Crippen LogP contribution in [0.15, 0.2) is 18.2 Å². The van der Waals surface area contributed by atoms with Gasteiger partial charge in [-0.05, 0) is 59.2 Å². The summed E-state index contributed by atoms with van der Waals surface area (Å²) in [6.07, 6.45) is 2.04. The predicted molar refractivity (Wildman–Crippen MR) is 105 cm³/mol. The van der Waals surface area contributed by atoms with Crippen molar-refractivity contribution in [1.29, 1.82) is 0 Å². The summed E-state index contributed by atoms with van der Waals surface area (Å²) in [5.74, 6) is -0.163. The molecular weight excluding hydrogens is 350 g/mol. The SMILES string of the molecule is Cc1cc(C)cc(C(C)NC(=O)c2nnn(C3CCNCC3)c2C)c1.Cl. The smallest absolute Gasteiger partial charge is 0.274 e. The molecule has 1 saturated heterocycles.